The van der Waals surface area contributed by atoms with E-state index in [0.29, 0.717) is 12.2 Å². The van der Waals surface area contributed by atoms with Gasteiger partial charge in [0.15, 0.2) is 5.69 Å². The van der Waals surface area contributed by atoms with Crippen LogP contribution in [0.4, 0.5) is 0 Å². The Hall–Kier alpha value is -1.36. The number of hydrogen-bond acceptors (Lipinski definition) is 3. The van der Waals surface area contributed by atoms with Crippen LogP contribution in [-0.2, 0) is 6.54 Å². The molecule has 0 radical (unpaired) electrons. The third kappa shape index (κ3) is 1.86. The monoisotopic (exact) mass is 184 g/mol. The molecule has 1 aromatic rings. The SMILES string of the molecule is CCn1nc(C(=O)O)cc1[C@@H](C)O. The second-order valence-electron chi connectivity index (χ2n) is 2.75. The highest BCUT2D eigenvalue weighted by atomic mass is 16.4. The first-order valence-corrected chi connectivity index (χ1v) is 4.05. The Balaban J connectivity index is 3.11. The molecular weight excluding hydrogens is 172 g/mol. The molecule has 1 atom stereocenters. The Kier molecular flexibility index (Phi) is 2.67. The second-order valence-corrected chi connectivity index (χ2v) is 2.75. The fourth-order valence-corrected chi connectivity index (χ4v) is 1.13. The Labute approximate surface area is 75.6 Å². The Morgan fingerprint density at radius 1 is 1.77 bits per heavy atom. The number of carboxylic acid groups (broad SMARTS) is 1. The van der Waals surface area contributed by atoms with Crippen LogP contribution in [0.5, 0.6) is 0 Å². The summed E-state index contributed by atoms with van der Waals surface area (Å²) in [6.45, 7) is 3.97. The van der Waals surface area contributed by atoms with Crippen LogP contribution in [0, 0.1) is 0 Å². The van der Waals surface area contributed by atoms with Crippen molar-refractivity contribution in [1.29, 1.82) is 0 Å². The smallest absolute Gasteiger partial charge is 0.356 e. The zero-order valence-corrected chi connectivity index (χ0v) is 7.56. The zero-order chi connectivity index (χ0) is 10.0. The van der Waals surface area contributed by atoms with Crippen LogP contribution in [0.15, 0.2) is 6.07 Å². The van der Waals surface area contributed by atoms with Crippen LogP contribution >= 0.6 is 0 Å². The summed E-state index contributed by atoms with van der Waals surface area (Å²) in [7, 11) is 0. The fraction of sp³-hybridized carbons (Fsp3) is 0.500. The normalized spacial score (nSPS) is 12.8. The molecule has 1 aromatic heterocycles. The van der Waals surface area contributed by atoms with Gasteiger partial charge in [0.05, 0.1) is 11.8 Å². The van der Waals surface area contributed by atoms with Crippen molar-refractivity contribution in [2.75, 3.05) is 0 Å². The molecule has 0 aliphatic carbocycles. The van der Waals surface area contributed by atoms with Gasteiger partial charge in [0.1, 0.15) is 0 Å². The molecule has 0 spiro atoms. The molecule has 1 rings (SSSR count). The van der Waals surface area contributed by atoms with E-state index < -0.39 is 12.1 Å². The van der Waals surface area contributed by atoms with Crippen molar-refractivity contribution in [1.82, 2.24) is 9.78 Å². The minimum Gasteiger partial charge on any atom is -0.476 e. The molecule has 13 heavy (non-hydrogen) atoms. The number of rotatable bonds is 3. The summed E-state index contributed by atoms with van der Waals surface area (Å²) in [6, 6.07) is 1.39. The van der Waals surface area contributed by atoms with Crippen molar-refractivity contribution in [2.45, 2.75) is 26.5 Å². The lowest BCUT2D eigenvalue weighted by molar-refractivity contribution is 0.0689. The number of aliphatic hydroxyl groups excluding tert-OH is 1. The Bertz CT molecular complexity index is 317. The summed E-state index contributed by atoms with van der Waals surface area (Å²) in [6.07, 6.45) is -0.694. The maximum absolute atomic E-state index is 10.5. The first kappa shape index (κ1) is 9.73. The fourth-order valence-electron chi connectivity index (χ4n) is 1.13. The molecule has 0 amide bonds. The molecule has 0 fully saturated rings. The standard InChI is InChI=1S/C8H12N2O3/c1-3-10-7(5(2)11)4-6(9-10)8(12)13/h4-5,11H,3H2,1-2H3,(H,12,13)/t5-/m1/s1. The number of aromatic nitrogens is 2. The minimum atomic E-state index is -1.07. The summed E-state index contributed by atoms with van der Waals surface area (Å²) >= 11 is 0. The first-order chi connectivity index (χ1) is 6.06. The third-order valence-corrected chi connectivity index (χ3v) is 1.76. The van der Waals surface area contributed by atoms with Crippen LogP contribution in [0.25, 0.3) is 0 Å². The molecule has 0 unspecified atom stereocenters. The first-order valence-electron chi connectivity index (χ1n) is 4.05. The number of nitrogens with zero attached hydrogens (tertiary/aromatic N) is 2. The van der Waals surface area contributed by atoms with Gasteiger partial charge in [0, 0.05) is 6.54 Å². The molecule has 0 saturated carbocycles. The molecule has 5 nitrogen and oxygen atoms in total. The van der Waals surface area contributed by atoms with Crippen molar-refractivity contribution in [3.63, 3.8) is 0 Å². The van der Waals surface area contributed by atoms with Crippen LogP contribution in [0.2, 0.25) is 0 Å². The van der Waals surface area contributed by atoms with Crippen LogP contribution in [0.1, 0.15) is 36.1 Å². The number of aromatic carboxylic acids is 1. The average molecular weight is 184 g/mol. The van der Waals surface area contributed by atoms with Crippen LogP contribution in [-0.4, -0.2) is 26.0 Å². The predicted octanol–water partition coefficient (Wildman–Crippen LogP) is 0.655. The largest absolute Gasteiger partial charge is 0.476 e. The Morgan fingerprint density at radius 2 is 2.38 bits per heavy atom. The number of aliphatic hydroxyl groups is 1. The number of hydrogen-bond donors (Lipinski definition) is 2. The van der Waals surface area contributed by atoms with Crippen molar-refractivity contribution in [2.24, 2.45) is 0 Å². The van der Waals surface area contributed by atoms with E-state index in [9.17, 15) is 9.90 Å². The number of carbonyl (C=O) groups is 1. The van der Waals surface area contributed by atoms with E-state index in [2.05, 4.69) is 5.10 Å². The number of carboxylic acids is 1. The molecule has 0 aromatic carbocycles. The molecule has 1 heterocycles. The maximum Gasteiger partial charge on any atom is 0.356 e. The lowest BCUT2D eigenvalue weighted by Gasteiger charge is -2.05. The van der Waals surface area contributed by atoms with E-state index >= 15 is 0 Å². The topological polar surface area (TPSA) is 75.4 Å². The quantitative estimate of drug-likeness (QED) is 0.723. The van der Waals surface area contributed by atoms with Gasteiger partial charge in [-0.3, -0.25) is 4.68 Å². The summed E-state index contributed by atoms with van der Waals surface area (Å²) in [5, 5.41) is 21.7. The highest BCUT2D eigenvalue weighted by Gasteiger charge is 2.14. The maximum atomic E-state index is 10.5. The van der Waals surface area contributed by atoms with Crippen LogP contribution < -0.4 is 0 Å². The summed E-state index contributed by atoms with van der Waals surface area (Å²) in [5.74, 6) is -1.07. The molecule has 0 saturated heterocycles. The third-order valence-electron chi connectivity index (χ3n) is 1.76. The van der Waals surface area contributed by atoms with Gasteiger partial charge in [-0.2, -0.15) is 5.10 Å². The highest BCUT2D eigenvalue weighted by molar-refractivity contribution is 5.85. The summed E-state index contributed by atoms with van der Waals surface area (Å²) in [5.41, 5.74) is 0.498. The molecule has 0 aliphatic rings. The van der Waals surface area contributed by atoms with Gasteiger partial charge in [-0.05, 0) is 19.9 Å². The van der Waals surface area contributed by atoms with Gasteiger partial charge < -0.3 is 10.2 Å². The minimum absolute atomic E-state index is 0.0299. The average Bonchev–Trinajstić information content (AvgIpc) is 2.47. The van der Waals surface area contributed by atoms with E-state index in [1.54, 1.807) is 6.92 Å². The van der Waals surface area contributed by atoms with E-state index in [1.165, 1.54) is 10.7 Å². The second kappa shape index (κ2) is 3.57. The highest BCUT2D eigenvalue weighted by Crippen LogP contribution is 2.13. The molecule has 0 bridgehead atoms. The van der Waals surface area contributed by atoms with Gasteiger partial charge in [-0.15, -0.1) is 0 Å². The predicted molar refractivity (Wildman–Crippen MR) is 45.5 cm³/mol. The lowest BCUT2D eigenvalue weighted by Crippen LogP contribution is -2.06. The summed E-state index contributed by atoms with van der Waals surface area (Å²) in [4.78, 5) is 10.5. The van der Waals surface area contributed by atoms with Gasteiger partial charge in [0.2, 0.25) is 0 Å². The van der Waals surface area contributed by atoms with Crippen molar-refractivity contribution >= 4 is 5.97 Å². The van der Waals surface area contributed by atoms with Gasteiger partial charge in [0.25, 0.3) is 0 Å². The van der Waals surface area contributed by atoms with E-state index in [-0.39, 0.29) is 5.69 Å². The van der Waals surface area contributed by atoms with E-state index in [0.717, 1.165) is 0 Å². The van der Waals surface area contributed by atoms with Gasteiger partial charge >= 0.3 is 5.97 Å². The number of aryl methyl sites for hydroxylation is 1. The molecular formula is C8H12N2O3. The van der Waals surface area contributed by atoms with Crippen LogP contribution in [0.3, 0.4) is 0 Å². The Morgan fingerprint density at radius 3 is 2.69 bits per heavy atom. The molecule has 2 N–H and O–H groups in total. The van der Waals surface area contributed by atoms with E-state index in [1.807, 2.05) is 6.92 Å². The molecule has 72 valence electrons. The zero-order valence-electron chi connectivity index (χ0n) is 7.56. The molecule has 5 heteroatoms. The van der Waals surface area contributed by atoms with Crippen molar-refractivity contribution < 1.29 is 15.0 Å². The van der Waals surface area contributed by atoms with Gasteiger partial charge in [-0.25, -0.2) is 4.79 Å². The van der Waals surface area contributed by atoms with Gasteiger partial charge in [-0.1, -0.05) is 0 Å². The lowest BCUT2D eigenvalue weighted by atomic mass is 10.2. The van der Waals surface area contributed by atoms with Crippen molar-refractivity contribution in [3.05, 3.63) is 17.5 Å². The van der Waals surface area contributed by atoms with Crippen molar-refractivity contribution in [3.8, 4) is 0 Å². The molecule has 0 aliphatic heterocycles. The summed E-state index contributed by atoms with van der Waals surface area (Å²) < 4.78 is 1.48. The van der Waals surface area contributed by atoms with E-state index in [4.69, 9.17) is 5.11 Å².